The Morgan fingerprint density at radius 3 is 2.53 bits per heavy atom. The number of aliphatic hydroxyl groups is 1. The fraction of sp³-hybridized carbons (Fsp3) is 0.615. The highest BCUT2D eigenvalue weighted by atomic mass is 35.5. The molecule has 1 aromatic heterocycles. The summed E-state index contributed by atoms with van der Waals surface area (Å²) < 4.78 is 17.3. The first kappa shape index (κ1) is 26.3. The van der Waals surface area contributed by atoms with Gasteiger partial charge in [-0.2, -0.15) is 4.98 Å². The number of benzene rings is 1. The second-order valence-electron chi connectivity index (χ2n) is 10.5. The Labute approximate surface area is 232 Å². The summed E-state index contributed by atoms with van der Waals surface area (Å²) in [6, 6.07) is 6.58. The zero-order chi connectivity index (χ0) is 26.2. The average molecular weight is 566 g/mol. The molecule has 0 bridgehead atoms. The van der Waals surface area contributed by atoms with Crippen molar-refractivity contribution in [1.82, 2.24) is 19.8 Å². The Kier molecular flexibility index (Phi) is 7.82. The van der Waals surface area contributed by atoms with Gasteiger partial charge in [0.2, 0.25) is 11.8 Å². The lowest BCUT2D eigenvalue weighted by atomic mass is 10.0. The van der Waals surface area contributed by atoms with Crippen LogP contribution in [0.5, 0.6) is 5.88 Å². The van der Waals surface area contributed by atoms with Crippen LogP contribution >= 0.6 is 23.2 Å². The molecule has 12 heteroatoms. The standard InChI is InChI=1S/C26H34Cl2N6O4/c1-32-8-10-33(11-9-32)17-4-6-34(7-5-17)20-3-2-16(12-18(20)27)30-26-29-13-19(28)25(31-26)38-22-15-37-23-21(35)14-36-24(22)23/h2-3,12-13,17,21-24,35H,4-11,14-15H2,1H3,(H,29,30,31)/t21-,22+,23-,24-/m1/s1. The van der Waals surface area contributed by atoms with Gasteiger partial charge in [0.15, 0.2) is 6.10 Å². The number of aliphatic hydroxyl groups excluding tert-OH is 1. The minimum Gasteiger partial charge on any atom is -0.468 e. The van der Waals surface area contributed by atoms with Crippen LogP contribution in [0, 0.1) is 0 Å². The molecule has 2 N–H and O–H groups in total. The molecule has 0 amide bonds. The molecule has 4 saturated heterocycles. The summed E-state index contributed by atoms with van der Waals surface area (Å²) in [4.78, 5) is 16.2. The van der Waals surface area contributed by atoms with E-state index >= 15 is 0 Å². The summed E-state index contributed by atoms with van der Waals surface area (Å²) in [6.07, 6.45) is 1.99. The maximum absolute atomic E-state index is 9.96. The Morgan fingerprint density at radius 2 is 1.76 bits per heavy atom. The monoisotopic (exact) mass is 564 g/mol. The van der Waals surface area contributed by atoms with Crippen molar-refractivity contribution >= 4 is 40.5 Å². The van der Waals surface area contributed by atoms with Crippen LogP contribution in [0.25, 0.3) is 0 Å². The van der Waals surface area contributed by atoms with E-state index < -0.39 is 18.3 Å². The van der Waals surface area contributed by atoms with E-state index in [1.54, 1.807) is 0 Å². The molecular weight excluding hydrogens is 531 g/mol. The molecular formula is C26H34Cl2N6O4. The van der Waals surface area contributed by atoms with Gasteiger partial charge in [0, 0.05) is 51.0 Å². The largest absolute Gasteiger partial charge is 0.468 e. The molecule has 4 fully saturated rings. The summed E-state index contributed by atoms with van der Waals surface area (Å²) in [5.74, 6) is 0.568. The lowest BCUT2D eigenvalue weighted by Gasteiger charge is -2.42. The highest BCUT2D eigenvalue weighted by molar-refractivity contribution is 6.33. The van der Waals surface area contributed by atoms with E-state index in [0.717, 1.165) is 63.5 Å². The van der Waals surface area contributed by atoms with Crippen molar-refractivity contribution in [1.29, 1.82) is 0 Å². The van der Waals surface area contributed by atoms with E-state index in [4.69, 9.17) is 37.4 Å². The Morgan fingerprint density at radius 1 is 1.00 bits per heavy atom. The topological polar surface area (TPSA) is 95.5 Å². The molecule has 0 aliphatic carbocycles. The number of piperidine rings is 1. The first-order chi connectivity index (χ1) is 18.4. The van der Waals surface area contributed by atoms with E-state index in [0.29, 0.717) is 23.6 Å². The van der Waals surface area contributed by atoms with E-state index in [9.17, 15) is 5.11 Å². The lowest BCUT2D eigenvalue weighted by Crippen LogP contribution is -2.52. The molecule has 0 unspecified atom stereocenters. The van der Waals surface area contributed by atoms with Gasteiger partial charge in [-0.1, -0.05) is 23.2 Å². The lowest BCUT2D eigenvalue weighted by molar-refractivity contribution is 0.00782. The first-order valence-corrected chi connectivity index (χ1v) is 14.0. The quantitative estimate of drug-likeness (QED) is 0.545. The van der Waals surface area contributed by atoms with Gasteiger partial charge in [-0.05, 0) is 38.1 Å². The zero-order valence-corrected chi connectivity index (χ0v) is 22.9. The third-order valence-corrected chi connectivity index (χ3v) is 8.58. The first-order valence-electron chi connectivity index (χ1n) is 13.3. The maximum Gasteiger partial charge on any atom is 0.237 e. The fourth-order valence-corrected chi connectivity index (χ4v) is 6.25. The van der Waals surface area contributed by atoms with Gasteiger partial charge in [-0.25, -0.2) is 4.98 Å². The van der Waals surface area contributed by atoms with Crippen molar-refractivity contribution in [2.24, 2.45) is 0 Å². The third-order valence-electron chi connectivity index (χ3n) is 8.02. The Balaban J connectivity index is 1.07. The molecule has 4 atom stereocenters. The number of fused-ring (bicyclic) bond motifs is 1. The van der Waals surface area contributed by atoms with Crippen LogP contribution in [0.1, 0.15) is 12.8 Å². The van der Waals surface area contributed by atoms with Gasteiger partial charge >= 0.3 is 0 Å². The number of aromatic nitrogens is 2. The van der Waals surface area contributed by atoms with E-state index in [-0.39, 0.29) is 23.6 Å². The minimum absolute atomic E-state index is 0.227. The molecule has 0 radical (unpaired) electrons. The molecule has 206 valence electrons. The number of piperazine rings is 1. The molecule has 6 rings (SSSR count). The number of hydrogen-bond acceptors (Lipinski definition) is 10. The third kappa shape index (κ3) is 5.54. The van der Waals surface area contributed by atoms with Crippen LogP contribution < -0.4 is 15.0 Å². The predicted molar refractivity (Wildman–Crippen MR) is 146 cm³/mol. The number of hydrogen-bond donors (Lipinski definition) is 2. The van der Waals surface area contributed by atoms with E-state index in [1.165, 1.54) is 6.20 Å². The second-order valence-corrected chi connectivity index (χ2v) is 11.3. The van der Waals surface area contributed by atoms with Gasteiger partial charge in [0.25, 0.3) is 0 Å². The molecule has 4 aliphatic rings. The van der Waals surface area contributed by atoms with E-state index in [1.807, 2.05) is 18.2 Å². The molecule has 4 aliphatic heterocycles. The van der Waals surface area contributed by atoms with Crippen molar-refractivity contribution in [2.75, 3.05) is 69.7 Å². The van der Waals surface area contributed by atoms with Crippen molar-refractivity contribution in [3.63, 3.8) is 0 Å². The summed E-state index contributed by atoms with van der Waals surface area (Å²) in [7, 11) is 2.20. The van der Waals surface area contributed by atoms with E-state index in [2.05, 4.69) is 37.0 Å². The SMILES string of the molecule is CN1CCN(C2CCN(c3ccc(Nc4ncc(Cl)c(O[C@H]5CO[C@H]6[C@@H]5OC[C@H]6O)n4)cc3Cl)CC2)CC1. The highest BCUT2D eigenvalue weighted by Crippen LogP contribution is 2.34. The van der Waals surface area contributed by atoms with Crippen LogP contribution in [-0.4, -0.2) is 115 Å². The van der Waals surface area contributed by atoms with Crippen molar-refractivity contribution in [2.45, 2.75) is 43.3 Å². The van der Waals surface area contributed by atoms with Crippen LogP contribution in [0.2, 0.25) is 10.0 Å². The smallest absolute Gasteiger partial charge is 0.237 e. The number of likely N-dealkylation sites (N-methyl/N-ethyl adjacent to an activating group) is 1. The highest BCUT2D eigenvalue weighted by Gasteiger charge is 2.48. The van der Waals surface area contributed by atoms with Gasteiger partial charge in [-0.15, -0.1) is 0 Å². The summed E-state index contributed by atoms with van der Waals surface area (Å²) in [5, 5.41) is 14.1. The molecule has 1 aromatic carbocycles. The number of ether oxygens (including phenoxy) is 3. The molecule has 10 nitrogen and oxygen atoms in total. The summed E-state index contributed by atoms with van der Waals surface area (Å²) in [5.41, 5.74) is 1.82. The molecule has 38 heavy (non-hydrogen) atoms. The fourth-order valence-electron chi connectivity index (χ4n) is 5.81. The van der Waals surface area contributed by atoms with Crippen molar-refractivity contribution in [3.8, 4) is 5.88 Å². The average Bonchev–Trinajstić information content (AvgIpc) is 3.49. The summed E-state index contributed by atoms with van der Waals surface area (Å²) >= 11 is 13.0. The van der Waals surface area contributed by atoms with Crippen molar-refractivity contribution < 1.29 is 19.3 Å². The van der Waals surface area contributed by atoms with Crippen LogP contribution in [0.15, 0.2) is 24.4 Å². The van der Waals surface area contributed by atoms with Gasteiger partial charge in [-0.3, -0.25) is 4.90 Å². The number of halogens is 2. The zero-order valence-electron chi connectivity index (χ0n) is 21.4. The van der Waals surface area contributed by atoms with Crippen molar-refractivity contribution in [3.05, 3.63) is 34.4 Å². The molecule has 0 spiro atoms. The van der Waals surface area contributed by atoms with Crippen LogP contribution in [0.4, 0.5) is 17.3 Å². The number of nitrogens with zero attached hydrogens (tertiary/aromatic N) is 5. The second kappa shape index (κ2) is 11.3. The number of rotatable bonds is 6. The summed E-state index contributed by atoms with van der Waals surface area (Å²) in [6.45, 7) is 7.14. The predicted octanol–water partition coefficient (Wildman–Crippen LogP) is 2.65. The van der Waals surface area contributed by atoms with Crippen LogP contribution in [-0.2, 0) is 9.47 Å². The minimum atomic E-state index is -0.650. The number of anilines is 3. The Bertz CT molecular complexity index is 1130. The maximum atomic E-state index is 9.96. The molecule has 2 aromatic rings. The Hall–Kier alpha value is -1.92. The number of nitrogens with one attached hydrogen (secondary N) is 1. The molecule has 0 saturated carbocycles. The normalized spacial score (nSPS) is 29.0. The van der Waals surface area contributed by atoms with Gasteiger partial charge < -0.3 is 34.4 Å². The van der Waals surface area contributed by atoms with Gasteiger partial charge in [0.05, 0.1) is 30.1 Å². The molecule has 5 heterocycles. The van der Waals surface area contributed by atoms with Gasteiger partial charge in [0.1, 0.15) is 23.3 Å². The van der Waals surface area contributed by atoms with Crippen LogP contribution in [0.3, 0.4) is 0 Å².